The van der Waals surface area contributed by atoms with E-state index in [0.29, 0.717) is 25.2 Å². The number of hydrogen-bond acceptors (Lipinski definition) is 5. The van der Waals surface area contributed by atoms with E-state index in [-0.39, 0.29) is 16.8 Å². The lowest BCUT2D eigenvalue weighted by molar-refractivity contribution is 0.0930. The van der Waals surface area contributed by atoms with E-state index in [1.54, 1.807) is 26.2 Å². The molecule has 3 rings (SSSR count). The first-order chi connectivity index (χ1) is 14.5. The average Bonchev–Trinajstić information content (AvgIpc) is 3.28. The Labute approximate surface area is 176 Å². The normalized spacial score (nSPS) is 12.6. The Bertz CT molecular complexity index is 1050. The summed E-state index contributed by atoms with van der Waals surface area (Å²) >= 11 is 0. The molecule has 0 aliphatic carbocycles. The van der Waals surface area contributed by atoms with E-state index in [4.69, 9.17) is 0 Å². The number of amides is 1. The second-order valence-electron chi connectivity index (χ2n) is 6.63. The highest BCUT2D eigenvalue weighted by Crippen LogP contribution is 2.18. The second-order valence-corrected chi connectivity index (χ2v) is 8.57. The summed E-state index contributed by atoms with van der Waals surface area (Å²) in [4.78, 5) is 14.5. The van der Waals surface area contributed by atoms with Crippen molar-refractivity contribution in [2.24, 2.45) is 0 Å². The van der Waals surface area contributed by atoms with E-state index in [1.807, 2.05) is 30.3 Å². The first kappa shape index (κ1) is 21.7. The van der Waals surface area contributed by atoms with Gasteiger partial charge in [-0.2, -0.15) is 19.3 Å². The molecule has 0 fully saturated rings. The Morgan fingerprint density at radius 2 is 1.60 bits per heavy atom. The number of hydrogen-bond donors (Lipinski definition) is 1. The zero-order valence-electron chi connectivity index (χ0n) is 17.0. The van der Waals surface area contributed by atoms with Crippen molar-refractivity contribution in [1.82, 2.24) is 24.6 Å². The largest absolute Gasteiger partial charge is 0.343 e. The van der Waals surface area contributed by atoms with Gasteiger partial charge in [-0.05, 0) is 29.8 Å². The fraction of sp³-hybridized carbons (Fsp3) is 0.286. The molecular formula is C21H25N5O3S. The van der Waals surface area contributed by atoms with Gasteiger partial charge in [0, 0.05) is 18.7 Å². The zero-order valence-corrected chi connectivity index (χ0v) is 17.8. The smallest absolute Gasteiger partial charge is 0.251 e. The molecule has 3 aromatic rings. The van der Waals surface area contributed by atoms with Crippen LogP contribution in [0.1, 0.15) is 35.8 Å². The number of benzene rings is 2. The van der Waals surface area contributed by atoms with E-state index in [9.17, 15) is 13.2 Å². The molecule has 158 valence electrons. The van der Waals surface area contributed by atoms with Gasteiger partial charge in [-0.3, -0.25) is 4.79 Å². The molecule has 0 saturated carbocycles. The molecule has 1 unspecified atom stereocenters. The average molecular weight is 428 g/mol. The topological polar surface area (TPSA) is 97.2 Å². The fourth-order valence-electron chi connectivity index (χ4n) is 3.15. The summed E-state index contributed by atoms with van der Waals surface area (Å²) in [7, 11) is -3.56. The van der Waals surface area contributed by atoms with Crippen LogP contribution in [-0.2, 0) is 16.6 Å². The van der Waals surface area contributed by atoms with E-state index >= 15 is 0 Å². The van der Waals surface area contributed by atoms with Crippen molar-refractivity contribution >= 4 is 15.9 Å². The standard InChI is InChI=1S/C21H25N5O3S/c1-3-25(4-2)30(28,29)19-12-10-18(11-13-19)21(27)24-20(16-26-22-14-15-23-26)17-8-6-5-7-9-17/h5-15,20H,3-4,16H2,1-2H3,(H,24,27). The van der Waals surface area contributed by atoms with Gasteiger partial charge in [-0.25, -0.2) is 8.42 Å². The number of rotatable bonds is 9. The van der Waals surface area contributed by atoms with Crippen molar-refractivity contribution in [3.8, 4) is 0 Å². The number of nitrogens with zero attached hydrogens (tertiary/aromatic N) is 4. The summed E-state index contributed by atoms with van der Waals surface area (Å²) in [6.07, 6.45) is 3.16. The van der Waals surface area contributed by atoms with Crippen molar-refractivity contribution in [2.75, 3.05) is 13.1 Å². The van der Waals surface area contributed by atoms with Crippen LogP contribution in [0.15, 0.2) is 71.9 Å². The van der Waals surface area contributed by atoms with Crippen molar-refractivity contribution in [3.05, 3.63) is 78.1 Å². The lowest BCUT2D eigenvalue weighted by Gasteiger charge is -2.20. The SMILES string of the molecule is CCN(CC)S(=O)(=O)c1ccc(C(=O)NC(Cn2nccn2)c2ccccc2)cc1. The van der Waals surface area contributed by atoms with Crippen molar-refractivity contribution in [2.45, 2.75) is 31.3 Å². The molecular weight excluding hydrogens is 402 g/mol. The van der Waals surface area contributed by atoms with Crippen LogP contribution >= 0.6 is 0 Å². The number of nitrogens with one attached hydrogen (secondary N) is 1. The van der Waals surface area contributed by atoms with E-state index in [1.165, 1.54) is 33.4 Å². The Morgan fingerprint density at radius 3 is 2.17 bits per heavy atom. The fourth-order valence-corrected chi connectivity index (χ4v) is 4.61. The van der Waals surface area contributed by atoms with Crippen molar-refractivity contribution in [3.63, 3.8) is 0 Å². The molecule has 1 aromatic heterocycles. The molecule has 2 aromatic carbocycles. The van der Waals surface area contributed by atoms with Crippen molar-refractivity contribution in [1.29, 1.82) is 0 Å². The van der Waals surface area contributed by atoms with Crippen LogP contribution in [0.2, 0.25) is 0 Å². The lowest BCUT2D eigenvalue weighted by Crippen LogP contribution is -2.32. The van der Waals surface area contributed by atoms with Crippen LogP contribution in [0.4, 0.5) is 0 Å². The number of carbonyl (C=O) groups is 1. The van der Waals surface area contributed by atoms with Crippen LogP contribution in [0.3, 0.4) is 0 Å². The van der Waals surface area contributed by atoms with Gasteiger partial charge in [-0.1, -0.05) is 44.2 Å². The summed E-state index contributed by atoms with van der Waals surface area (Å²) in [5.74, 6) is -0.303. The monoisotopic (exact) mass is 427 g/mol. The molecule has 8 nitrogen and oxygen atoms in total. The maximum absolute atomic E-state index is 12.8. The molecule has 1 amide bonds. The minimum absolute atomic E-state index is 0.170. The van der Waals surface area contributed by atoms with Crippen LogP contribution in [0.5, 0.6) is 0 Å². The molecule has 1 heterocycles. The molecule has 0 aliphatic heterocycles. The first-order valence-corrected chi connectivity index (χ1v) is 11.2. The predicted octanol–water partition coefficient (Wildman–Crippen LogP) is 2.48. The third-order valence-corrected chi connectivity index (χ3v) is 6.84. The molecule has 0 spiro atoms. The first-order valence-electron chi connectivity index (χ1n) is 9.75. The summed E-state index contributed by atoms with van der Waals surface area (Å²) in [5.41, 5.74) is 1.30. The number of carbonyl (C=O) groups excluding carboxylic acids is 1. The second kappa shape index (κ2) is 9.64. The van der Waals surface area contributed by atoms with Gasteiger partial charge >= 0.3 is 0 Å². The van der Waals surface area contributed by atoms with Gasteiger partial charge in [0.05, 0.1) is 29.9 Å². The maximum Gasteiger partial charge on any atom is 0.251 e. The van der Waals surface area contributed by atoms with E-state index < -0.39 is 10.0 Å². The highest BCUT2D eigenvalue weighted by atomic mass is 32.2. The number of sulfonamides is 1. The predicted molar refractivity (Wildman–Crippen MR) is 113 cm³/mol. The van der Waals surface area contributed by atoms with Gasteiger partial charge in [0.15, 0.2) is 0 Å². The summed E-state index contributed by atoms with van der Waals surface area (Å²) in [6, 6.07) is 15.2. The molecule has 0 bridgehead atoms. The zero-order chi connectivity index (χ0) is 21.6. The van der Waals surface area contributed by atoms with Gasteiger partial charge in [0.1, 0.15) is 0 Å². The summed E-state index contributed by atoms with van der Waals surface area (Å²) in [5, 5.41) is 11.2. The molecule has 0 aliphatic rings. The van der Waals surface area contributed by atoms with Gasteiger partial charge in [-0.15, -0.1) is 0 Å². The minimum atomic E-state index is -3.56. The Morgan fingerprint density at radius 1 is 1.00 bits per heavy atom. The summed E-state index contributed by atoms with van der Waals surface area (Å²) < 4.78 is 26.6. The molecule has 1 atom stereocenters. The van der Waals surface area contributed by atoms with Gasteiger partial charge < -0.3 is 5.32 Å². The van der Waals surface area contributed by atoms with Crippen LogP contribution < -0.4 is 5.32 Å². The summed E-state index contributed by atoms with van der Waals surface area (Å²) in [6.45, 7) is 4.74. The van der Waals surface area contributed by atoms with Crippen molar-refractivity contribution < 1.29 is 13.2 Å². The van der Waals surface area contributed by atoms with E-state index in [2.05, 4.69) is 15.5 Å². The highest BCUT2D eigenvalue weighted by Gasteiger charge is 2.22. The molecule has 9 heteroatoms. The van der Waals surface area contributed by atoms with E-state index in [0.717, 1.165) is 5.56 Å². The Kier molecular flexibility index (Phi) is 6.96. The number of aromatic nitrogens is 3. The lowest BCUT2D eigenvalue weighted by atomic mass is 10.1. The Hall–Kier alpha value is -3.04. The van der Waals surface area contributed by atoms with Crippen LogP contribution in [0, 0.1) is 0 Å². The molecule has 30 heavy (non-hydrogen) atoms. The molecule has 0 saturated heterocycles. The quantitative estimate of drug-likeness (QED) is 0.566. The maximum atomic E-state index is 12.8. The Balaban J connectivity index is 1.79. The third kappa shape index (κ3) is 4.92. The molecule has 1 N–H and O–H groups in total. The van der Waals surface area contributed by atoms with Crippen LogP contribution in [0.25, 0.3) is 0 Å². The highest BCUT2D eigenvalue weighted by molar-refractivity contribution is 7.89. The third-order valence-electron chi connectivity index (χ3n) is 4.78. The molecule has 0 radical (unpaired) electrons. The van der Waals surface area contributed by atoms with Gasteiger partial charge in [0.2, 0.25) is 10.0 Å². The van der Waals surface area contributed by atoms with Crippen LogP contribution in [-0.4, -0.2) is 46.7 Å². The minimum Gasteiger partial charge on any atom is -0.343 e. The van der Waals surface area contributed by atoms with Gasteiger partial charge in [0.25, 0.3) is 5.91 Å².